The van der Waals surface area contributed by atoms with Gasteiger partial charge in [-0.05, 0) is 0 Å². The number of carbonyl (C=O) groups excluding carboxylic acids is 1. The molecule has 0 aromatic rings. The molecule has 0 fully saturated rings. The molecule has 0 spiro atoms. The van der Waals surface area contributed by atoms with Crippen molar-refractivity contribution in [2.75, 3.05) is 0 Å². The van der Waals surface area contributed by atoms with Gasteiger partial charge in [0.05, 0.1) is 0 Å². The van der Waals surface area contributed by atoms with Crippen LogP contribution in [0.25, 0.3) is 0 Å². The van der Waals surface area contributed by atoms with Crippen LogP contribution in [-0.4, -0.2) is 28.3 Å². The Labute approximate surface area is 51.2 Å². The first-order chi connectivity index (χ1) is 2.77. The zero-order chi connectivity index (χ0) is 4.99. The summed E-state index contributed by atoms with van der Waals surface area (Å²) in [7, 11) is 0. The van der Waals surface area contributed by atoms with Gasteiger partial charge in [-0.3, -0.25) is 0 Å². The van der Waals surface area contributed by atoms with Gasteiger partial charge >= 0.3 is 50.9 Å². The fourth-order valence-electron chi connectivity index (χ4n) is 0.203. The molecule has 0 saturated carbocycles. The fraction of sp³-hybridized carbons (Fsp3) is 0.750. The van der Waals surface area contributed by atoms with E-state index in [0.29, 0.717) is 5.78 Å². The molecular formula is C4H8OSn. The molecule has 34 valence electrons. The molecule has 0 aliphatic rings. The summed E-state index contributed by atoms with van der Waals surface area (Å²) >= 11 is 1.22. The summed E-state index contributed by atoms with van der Waals surface area (Å²) in [4.78, 5) is 10.1. The molecule has 1 nitrogen and oxygen atoms in total. The Kier molecular flexibility index (Phi) is 3.94. The van der Waals surface area contributed by atoms with Gasteiger partial charge in [-0.2, -0.15) is 0 Å². The van der Waals surface area contributed by atoms with E-state index in [0.717, 1.165) is 10.9 Å². The second-order valence-electron chi connectivity index (χ2n) is 1.24. The maximum absolute atomic E-state index is 10.1. The zero-order valence-corrected chi connectivity index (χ0v) is 7.20. The molecule has 0 aromatic carbocycles. The zero-order valence-electron chi connectivity index (χ0n) is 3.90. The van der Waals surface area contributed by atoms with E-state index in [4.69, 9.17) is 0 Å². The summed E-state index contributed by atoms with van der Waals surface area (Å²) in [6, 6.07) is 0. The normalized spacial score (nSPS) is 8.33. The van der Waals surface area contributed by atoms with Crippen LogP contribution in [0.15, 0.2) is 0 Å². The molecule has 0 aliphatic heterocycles. The molecule has 0 N–H and O–H groups in total. The maximum atomic E-state index is 10.1. The minimum absolute atomic E-state index is 0.322. The van der Waals surface area contributed by atoms with Crippen molar-refractivity contribution in [3.8, 4) is 0 Å². The summed E-state index contributed by atoms with van der Waals surface area (Å²) in [6.07, 6.45) is 0.794. The summed E-state index contributed by atoms with van der Waals surface area (Å²) < 4.78 is 1.11. The standard InChI is InChI=1S/C4H7O.Sn.H/c1-3-4(2)5;;/h1,3H2,2H3;;. The van der Waals surface area contributed by atoms with Gasteiger partial charge < -0.3 is 0 Å². The molecular weight excluding hydrogens is 183 g/mol. The van der Waals surface area contributed by atoms with Crippen molar-refractivity contribution in [2.45, 2.75) is 17.8 Å². The second kappa shape index (κ2) is 3.65. The van der Waals surface area contributed by atoms with E-state index < -0.39 is 0 Å². The van der Waals surface area contributed by atoms with Crippen molar-refractivity contribution in [3.05, 3.63) is 0 Å². The first-order valence-corrected chi connectivity index (χ1v) is 4.30. The van der Waals surface area contributed by atoms with Crippen molar-refractivity contribution < 1.29 is 4.79 Å². The first-order valence-electron chi connectivity index (χ1n) is 1.97. The van der Waals surface area contributed by atoms with Crippen molar-refractivity contribution in [3.63, 3.8) is 0 Å². The Morgan fingerprint density at radius 1 is 1.83 bits per heavy atom. The van der Waals surface area contributed by atoms with E-state index in [2.05, 4.69) is 0 Å². The van der Waals surface area contributed by atoms with E-state index in [1.165, 1.54) is 22.5 Å². The van der Waals surface area contributed by atoms with Crippen LogP contribution in [0, 0.1) is 0 Å². The van der Waals surface area contributed by atoms with Crippen LogP contribution in [0.3, 0.4) is 0 Å². The van der Waals surface area contributed by atoms with Gasteiger partial charge in [-0.15, -0.1) is 0 Å². The molecule has 0 unspecified atom stereocenters. The molecule has 6 heavy (non-hydrogen) atoms. The van der Waals surface area contributed by atoms with Gasteiger partial charge in [-0.25, -0.2) is 0 Å². The van der Waals surface area contributed by atoms with Gasteiger partial charge in [0.1, 0.15) is 0 Å². The number of ketones is 1. The van der Waals surface area contributed by atoms with Crippen molar-refractivity contribution >= 4 is 28.3 Å². The van der Waals surface area contributed by atoms with Crippen LogP contribution in [0.5, 0.6) is 0 Å². The first kappa shape index (κ1) is 6.47. The summed E-state index contributed by atoms with van der Waals surface area (Å²) in [5.41, 5.74) is 0. The molecule has 2 radical (unpaired) electrons. The monoisotopic (exact) mass is 192 g/mol. The molecule has 0 rings (SSSR count). The molecule has 0 bridgehead atoms. The van der Waals surface area contributed by atoms with Gasteiger partial charge in [0.15, 0.2) is 0 Å². The second-order valence-corrected chi connectivity index (χ2v) is 2.89. The van der Waals surface area contributed by atoms with Gasteiger partial charge in [0, 0.05) is 0 Å². The van der Waals surface area contributed by atoms with Crippen molar-refractivity contribution in [1.82, 2.24) is 0 Å². The average molecular weight is 191 g/mol. The molecule has 0 heterocycles. The summed E-state index contributed by atoms with van der Waals surface area (Å²) in [6.45, 7) is 1.64. The number of Topliss-reactive ketones (excluding diaryl/α,β-unsaturated/α-hetero) is 1. The van der Waals surface area contributed by atoms with E-state index >= 15 is 0 Å². The minimum atomic E-state index is 0.322. The average Bonchev–Trinajstić information content (AvgIpc) is 1.35. The third kappa shape index (κ3) is 4.47. The molecule has 0 atom stereocenters. The summed E-state index contributed by atoms with van der Waals surface area (Å²) in [5.74, 6) is 0.322. The van der Waals surface area contributed by atoms with Crippen LogP contribution in [-0.2, 0) is 4.79 Å². The Morgan fingerprint density at radius 2 is 2.33 bits per heavy atom. The van der Waals surface area contributed by atoms with E-state index in [9.17, 15) is 4.79 Å². The molecule has 0 aliphatic carbocycles. The Morgan fingerprint density at radius 3 is 2.33 bits per heavy atom. The Balaban J connectivity index is 2.83. The van der Waals surface area contributed by atoms with E-state index in [-0.39, 0.29) is 0 Å². The van der Waals surface area contributed by atoms with Gasteiger partial charge in [0.25, 0.3) is 0 Å². The molecule has 2 heteroatoms. The topological polar surface area (TPSA) is 17.1 Å². The number of carbonyl (C=O) groups is 1. The predicted molar refractivity (Wildman–Crippen MR) is 27.3 cm³/mol. The van der Waals surface area contributed by atoms with E-state index in [1.54, 1.807) is 6.92 Å². The van der Waals surface area contributed by atoms with Crippen LogP contribution in [0.1, 0.15) is 13.3 Å². The SMILES string of the molecule is CC(=O)C[CH2][SnH]. The number of hydrogen-bond acceptors (Lipinski definition) is 1. The third-order valence-corrected chi connectivity index (χ3v) is 1.32. The Bertz CT molecular complexity index is 51.5. The molecule has 0 saturated heterocycles. The van der Waals surface area contributed by atoms with Crippen LogP contribution in [0.4, 0.5) is 0 Å². The van der Waals surface area contributed by atoms with Crippen LogP contribution < -0.4 is 0 Å². The third-order valence-electron chi connectivity index (χ3n) is 0.496. The predicted octanol–water partition coefficient (Wildman–Crippen LogP) is 0.285. The number of hydrogen-bond donors (Lipinski definition) is 0. The number of rotatable bonds is 2. The van der Waals surface area contributed by atoms with E-state index in [1.807, 2.05) is 0 Å². The fourth-order valence-corrected chi connectivity index (χ4v) is 1.36. The van der Waals surface area contributed by atoms with Crippen molar-refractivity contribution in [2.24, 2.45) is 0 Å². The molecule has 0 amide bonds. The van der Waals surface area contributed by atoms with Crippen molar-refractivity contribution in [1.29, 1.82) is 0 Å². The summed E-state index contributed by atoms with van der Waals surface area (Å²) in [5, 5.41) is 0. The van der Waals surface area contributed by atoms with Gasteiger partial charge in [0.2, 0.25) is 0 Å². The van der Waals surface area contributed by atoms with Crippen LogP contribution >= 0.6 is 0 Å². The van der Waals surface area contributed by atoms with Crippen LogP contribution in [0.2, 0.25) is 4.44 Å². The van der Waals surface area contributed by atoms with Gasteiger partial charge in [-0.1, -0.05) is 0 Å². The molecule has 0 aromatic heterocycles. The quantitative estimate of drug-likeness (QED) is 0.573. The Hall–Kier alpha value is 0.469.